The number of benzene rings is 1. The Morgan fingerprint density at radius 3 is 2.65 bits per heavy atom. The first kappa shape index (κ1) is 14.6. The lowest BCUT2D eigenvalue weighted by Crippen LogP contribution is -1.97. The van der Waals surface area contributed by atoms with Crippen molar-refractivity contribution in [2.45, 2.75) is 19.0 Å². The molecule has 0 aliphatic heterocycles. The summed E-state index contributed by atoms with van der Waals surface area (Å²) in [7, 11) is -1.93. The molecule has 0 fully saturated rings. The average molecular weight is 294 g/mol. The summed E-state index contributed by atoms with van der Waals surface area (Å²) in [4.78, 5) is 10.6. The molecule has 0 bridgehead atoms. The van der Waals surface area contributed by atoms with Crippen LogP contribution in [0.1, 0.15) is 24.6 Å². The van der Waals surface area contributed by atoms with Crippen molar-refractivity contribution in [3.05, 3.63) is 33.8 Å². The van der Waals surface area contributed by atoms with Crippen LogP contribution in [0.5, 0.6) is 0 Å². The molecule has 2 atom stereocenters. The molecule has 6 heteroatoms. The van der Waals surface area contributed by atoms with E-state index in [1.165, 1.54) is 0 Å². The van der Waals surface area contributed by atoms with Crippen molar-refractivity contribution in [3.63, 3.8) is 0 Å². The molecule has 0 saturated carbocycles. The summed E-state index contributed by atoms with van der Waals surface area (Å²) in [5.74, 6) is 0. The highest BCUT2D eigenvalue weighted by molar-refractivity contribution is 7.39. The van der Waals surface area contributed by atoms with Gasteiger partial charge in [-0.05, 0) is 23.6 Å². The number of halogens is 2. The van der Waals surface area contributed by atoms with Gasteiger partial charge in [-0.3, -0.25) is 0 Å². The summed E-state index contributed by atoms with van der Waals surface area (Å²) in [6, 6.07) is 4.94. The molecule has 17 heavy (non-hydrogen) atoms. The predicted molar refractivity (Wildman–Crippen MR) is 69.1 cm³/mol. The van der Waals surface area contributed by atoms with Gasteiger partial charge in [0.1, 0.15) is 6.29 Å². The highest BCUT2D eigenvalue weighted by Crippen LogP contribution is 2.44. The highest BCUT2D eigenvalue weighted by Gasteiger charge is 2.34. The van der Waals surface area contributed by atoms with Gasteiger partial charge < -0.3 is 4.79 Å². The second-order valence-electron chi connectivity index (χ2n) is 3.29. The minimum absolute atomic E-state index is 0.132. The molecular formula is C11H12Cl2O3P+. The summed E-state index contributed by atoms with van der Waals surface area (Å²) < 4.78 is 16.9. The van der Waals surface area contributed by atoms with Crippen molar-refractivity contribution < 1.29 is 13.9 Å². The van der Waals surface area contributed by atoms with Crippen LogP contribution in [0.3, 0.4) is 0 Å². The third-order valence-electron chi connectivity index (χ3n) is 2.16. The van der Waals surface area contributed by atoms with Crippen LogP contribution in [0.4, 0.5) is 0 Å². The van der Waals surface area contributed by atoms with Gasteiger partial charge in [0, 0.05) is 5.56 Å². The van der Waals surface area contributed by atoms with E-state index >= 15 is 0 Å². The molecule has 0 aliphatic rings. The van der Waals surface area contributed by atoms with Crippen LogP contribution in [0.2, 0.25) is 10.0 Å². The topological polar surface area (TPSA) is 43.4 Å². The fraction of sp³-hybridized carbons (Fsp3) is 0.364. The number of aldehydes is 1. The number of carbonyl (C=O) groups is 1. The first-order valence-electron chi connectivity index (χ1n) is 5.08. The molecule has 0 spiro atoms. The van der Waals surface area contributed by atoms with E-state index in [2.05, 4.69) is 0 Å². The third kappa shape index (κ3) is 4.04. The number of hydrogen-bond acceptors (Lipinski definition) is 3. The van der Waals surface area contributed by atoms with Gasteiger partial charge in [-0.15, -0.1) is 4.52 Å². The second kappa shape index (κ2) is 7.07. The molecule has 0 radical (unpaired) electrons. The quantitative estimate of drug-likeness (QED) is 0.577. The van der Waals surface area contributed by atoms with Crippen LogP contribution in [-0.2, 0) is 13.9 Å². The van der Waals surface area contributed by atoms with Crippen molar-refractivity contribution in [1.82, 2.24) is 0 Å². The Morgan fingerprint density at radius 2 is 2.12 bits per heavy atom. The van der Waals surface area contributed by atoms with E-state index in [1.54, 1.807) is 25.1 Å². The minimum Gasteiger partial charge on any atom is -0.303 e. The first-order valence-corrected chi connectivity index (χ1v) is 7.08. The van der Waals surface area contributed by atoms with Gasteiger partial charge in [0.2, 0.25) is 5.66 Å². The van der Waals surface area contributed by atoms with Gasteiger partial charge in [-0.25, -0.2) is 0 Å². The highest BCUT2D eigenvalue weighted by atomic mass is 35.5. The molecule has 1 rings (SSSR count). The molecule has 1 aromatic carbocycles. The van der Waals surface area contributed by atoms with Crippen molar-refractivity contribution in [1.29, 1.82) is 0 Å². The molecule has 0 N–H and O–H groups in total. The van der Waals surface area contributed by atoms with Gasteiger partial charge in [0.25, 0.3) is 0 Å². The zero-order valence-corrected chi connectivity index (χ0v) is 11.6. The maximum Gasteiger partial charge on any atom is 0.516 e. The maximum absolute atomic E-state index is 11.8. The smallest absolute Gasteiger partial charge is 0.303 e. The van der Waals surface area contributed by atoms with Gasteiger partial charge >= 0.3 is 8.03 Å². The van der Waals surface area contributed by atoms with Crippen LogP contribution >= 0.6 is 31.2 Å². The summed E-state index contributed by atoms with van der Waals surface area (Å²) in [6.45, 7) is 2.09. The van der Waals surface area contributed by atoms with Crippen LogP contribution < -0.4 is 0 Å². The molecule has 1 aromatic rings. The lowest BCUT2D eigenvalue weighted by Gasteiger charge is -2.04. The molecule has 2 unspecified atom stereocenters. The van der Waals surface area contributed by atoms with Gasteiger partial charge in [0.15, 0.2) is 0 Å². The Balaban J connectivity index is 3.00. The fourth-order valence-corrected chi connectivity index (χ4v) is 2.78. The molecule has 0 heterocycles. The summed E-state index contributed by atoms with van der Waals surface area (Å²) in [5, 5.41) is 0.798. The van der Waals surface area contributed by atoms with E-state index in [1.807, 2.05) is 0 Å². The van der Waals surface area contributed by atoms with Gasteiger partial charge in [-0.1, -0.05) is 29.3 Å². The van der Waals surface area contributed by atoms with Crippen LogP contribution in [0, 0.1) is 0 Å². The van der Waals surface area contributed by atoms with Crippen molar-refractivity contribution in [2.75, 3.05) is 6.61 Å². The SMILES string of the molecule is CCO[P+](=O)C(CC=O)c1ccc(Cl)c(Cl)c1. The van der Waals surface area contributed by atoms with E-state index in [-0.39, 0.29) is 6.42 Å². The molecule has 0 aromatic heterocycles. The predicted octanol–water partition coefficient (Wildman–Crippen LogP) is 4.40. The standard InChI is InChI=1S/C11H12Cl2O3P/c1-2-16-17(15)11(5-6-14)8-3-4-9(12)10(13)7-8/h3-4,6-7,11H,2,5H2,1H3/q+1. The zero-order valence-electron chi connectivity index (χ0n) is 9.23. The lowest BCUT2D eigenvalue weighted by atomic mass is 10.1. The van der Waals surface area contributed by atoms with E-state index in [0.29, 0.717) is 22.2 Å². The molecule has 0 amide bonds. The van der Waals surface area contributed by atoms with Crippen LogP contribution in [0.15, 0.2) is 18.2 Å². The van der Waals surface area contributed by atoms with E-state index in [0.717, 1.165) is 6.29 Å². The van der Waals surface area contributed by atoms with E-state index in [9.17, 15) is 9.36 Å². The maximum atomic E-state index is 11.8. The Hall–Kier alpha value is -0.470. The van der Waals surface area contributed by atoms with Crippen molar-refractivity contribution >= 4 is 37.5 Å². The lowest BCUT2D eigenvalue weighted by molar-refractivity contribution is -0.107. The number of rotatable bonds is 6. The second-order valence-corrected chi connectivity index (χ2v) is 5.56. The van der Waals surface area contributed by atoms with E-state index in [4.69, 9.17) is 27.7 Å². The fourth-order valence-electron chi connectivity index (χ4n) is 1.37. The Bertz CT molecular complexity index is 423. The Kier molecular flexibility index (Phi) is 6.07. The molecule has 0 saturated heterocycles. The van der Waals surface area contributed by atoms with E-state index < -0.39 is 13.7 Å². The third-order valence-corrected chi connectivity index (χ3v) is 4.43. The first-order chi connectivity index (χ1) is 8.10. The summed E-state index contributed by atoms with van der Waals surface area (Å²) in [6.07, 6.45) is 0.854. The van der Waals surface area contributed by atoms with Crippen LogP contribution in [0.25, 0.3) is 0 Å². The number of carbonyl (C=O) groups excluding carboxylic acids is 1. The molecular weight excluding hydrogens is 282 g/mol. The molecule has 92 valence electrons. The summed E-state index contributed by atoms with van der Waals surface area (Å²) in [5.41, 5.74) is 0.221. The molecule has 3 nitrogen and oxygen atoms in total. The largest absolute Gasteiger partial charge is 0.516 e. The average Bonchev–Trinajstić information content (AvgIpc) is 2.30. The molecule has 0 aliphatic carbocycles. The van der Waals surface area contributed by atoms with Gasteiger partial charge in [0.05, 0.1) is 23.1 Å². The monoisotopic (exact) mass is 293 g/mol. The Morgan fingerprint density at radius 1 is 1.41 bits per heavy atom. The normalized spacial score (nSPS) is 13.2. The van der Waals surface area contributed by atoms with Crippen molar-refractivity contribution in [2.24, 2.45) is 0 Å². The van der Waals surface area contributed by atoms with Gasteiger partial charge in [-0.2, -0.15) is 0 Å². The van der Waals surface area contributed by atoms with Crippen molar-refractivity contribution in [3.8, 4) is 0 Å². The van der Waals surface area contributed by atoms with Crippen LogP contribution in [-0.4, -0.2) is 12.9 Å². The summed E-state index contributed by atoms with van der Waals surface area (Å²) >= 11 is 11.7. The number of hydrogen-bond donors (Lipinski definition) is 0. The Labute approximate surface area is 111 Å². The minimum atomic E-state index is -1.93. The zero-order chi connectivity index (χ0) is 12.8.